The highest BCUT2D eigenvalue weighted by atomic mass is 35.5. The molecule has 102 valence electrons. The van der Waals surface area contributed by atoms with Crippen molar-refractivity contribution in [2.45, 2.75) is 6.54 Å². The number of rotatable bonds is 6. The fourth-order valence-electron chi connectivity index (χ4n) is 1.45. The van der Waals surface area contributed by atoms with Gasteiger partial charge in [0.15, 0.2) is 0 Å². The monoisotopic (exact) mass is 285 g/mol. The summed E-state index contributed by atoms with van der Waals surface area (Å²) in [5.74, 6) is 0.354. The maximum Gasteiger partial charge on any atom is 0.240 e. The molecule has 0 amide bonds. The second-order valence-corrected chi connectivity index (χ2v) is 4.22. The van der Waals surface area contributed by atoms with Gasteiger partial charge >= 0.3 is 0 Å². The van der Waals surface area contributed by atoms with Crippen LogP contribution in [0.1, 0.15) is 5.89 Å². The number of hydrogen-bond donors (Lipinski definition) is 1. The average molecular weight is 286 g/mol. The third kappa shape index (κ3) is 3.73. The first-order valence-corrected chi connectivity index (χ1v) is 6.06. The Labute approximate surface area is 114 Å². The van der Waals surface area contributed by atoms with Crippen LogP contribution in [0.15, 0.2) is 22.7 Å². The van der Waals surface area contributed by atoms with E-state index in [1.807, 2.05) is 0 Å². The van der Waals surface area contributed by atoms with Gasteiger partial charge in [-0.05, 0) is 18.2 Å². The molecule has 0 spiro atoms. The van der Waals surface area contributed by atoms with Crippen molar-refractivity contribution >= 4 is 11.6 Å². The van der Waals surface area contributed by atoms with Crippen molar-refractivity contribution in [3.05, 3.63) is 34.9 Å². The molecule has 0 saturated carbocycles. The smallest absolute Gasteiger partial charge is 0.240 e. The van der Waals surface area contributed by atoms with Crippen LogP contribution in [0.5, 0.6) is 0 Å². The van der Waals surface area contributed by atoms with Crippen LogP contribution in [0.4, 0.5) is 4.39 Å². The predicted molar refractivity (Wildman–Crippen MR) is 68.3 cm³/mol. The van der Waals surface area contributed by atoms with Gasteiger partial charge in [-0.3, -0.25) is 0 Å². The molecule has 5 nitrogen and oxygen atoms in total. The molecule has 2 aromatic rings. The number of hydrogen-bond acceptors (Lipinski definition) is 5. The first-order chi connectivity index (χ1) is 9.20. The number of aromatic nitrogens is 2. The molecule has 1 aromatic carbocycles. The van der Waals surface area contributed by atoms with Crippen LogP contribution in [0.2, 0.25) is 5.02 Å². The minimum Gasteiger partial charge on any atom is -0.383 e. The van der Waals surface area contributed by atoms with Crippen molar-refractivity contribution in [3.8, 4) is 11.4 Å². The molecule has 0 aliphatic rings. The molecule has 19 heavy (non-hydrogen) atoms. The summed E-state index contributed by atoms with van der Waals surface area (Å²) in [5, 5.41) is 6.93. The molecule has 2 rings (SSSR count). The SMILES string of the molecule is COCCNCc1nc(-c2ccc(F)c(Cl)c2)no1. The van der Waals surface area contributed by atoms with E-state index in [1.54, 1.807) is 13.2 Å². The molecule has 0 fully saturated rings. The number of benzene rings is 1. The molecule has 0 aliphatic carbocycles. The lowest BCUT2D eigenvalue weighted by Gasteiger charge is -1.98. The van der Waals surface area contributed by atoms with Crippen LogP contribution in [0, 0.1) is 5.82 Å². The van der Waals surface area contributed by atoms with Crippen LogP contribution >= 0.6 is 11.6 Å². The van der Waals surface area contributed by atoms with Gasteiger partial charge < -0.3 is 14.6 Å². The molecule has 1 aromatic heterocycles. The Kier molecular flexibility index (Phi) is 4.84. The molecule has 1 N–H and O–H groups in total. The lowest BCUT2D eigenvalue weighted by atomic mass is 10.2. The van der Waals surface area contributed by atoms with Crippen molar-refractivity contribution in [2.24, 2.45) is 0 Å². The zero-order chi connectivity index (χ0) is 13.7. The van der Waals surface area contributed by atoms with Crippen molar-refractivity contribution in [2.75, 3.05) is 20.3 Å². The highest BCUT2D eigenvalue weighted by Crippen LogP contribution is 2.22. The Balaban J connectivity index is 2.01. The lowest BCUT2D eigenvalue weighted by molar-refractivity contribution is 0.197. The fraction of sp³-hybridized carbons (Fsp3) is 0.333. The Morgan fingerprint density at radius 1 is 1.47 bits per heavy atom. The van der Waals surface area contributed by atoms with Gasteiger partial charge in [-0.25, -0.2) is 4.39 Å². The Morgan fingerprint density at radius 2 is 2.32 bits per heavy atom. The molecule has 1 heterocycles. The average Bonchev–Trinajstić information content (AvgIpc) is 2.87. The van der Waals surface area contributed by atoms with Gasteiger partial charge in [0.2, 0.25) is 11.7 Å². The zero-order valence-electron chi connectivity index (χ0n) is 10.3. The number of methoxy groups -OCH3 is 1. The van der Waals surface area contributed by atoms with Gasteiger partial charge in [0.1, 0.15) is 5.82 Å². The predicted octanol–water partition coefficient (Wildman–Crippen LogP) is 2.27. The minimum absolute atomic E-state index is 0.0297. The largest absolute Gasteiger partial charge is 0.383 e. The summed E-state index contributed by atoms with van der Waals surface area (Å²) in [6, 6.07) is 4.28. The van der Waals surface area contributed by atoms with Gasteiger partial charge in [-0.1, -0.05) is 16.8 Å². The van der Waals surface area contributed by atoms with Gasteiger partial charge in [-0.15, -0.1) is 0 Å². The minimum atomic E-state index is -0.477. The summed E-state index contributed by atoms with van der Waals surface area (Å²) < 4.78 is 23.0. The Morgan fingerprint density at radius 3 is 3.05 bits per heavy atom. The van der Waals surface area contributed by atoms with Crippen LogP contribution in [-0.2, 0) is 11.3 Å². The molecule has 0 aliphatic heterocycles. The summed E-state index contributed by atoms with van der Waals surface area (Å²) in [6.45, 7) is 1.75. The first-order valence-electron chi connectivity index (χ1n) is 5.68. The lowest BCUT2D eigenvalue weighted by Crippen LogP contribution is -2.18. The molecular weight excluding hydrogens is 273 g/mol. The van der Waals surface area contributed by atoms with E-state index in [1.165, 1.54) is 12.1 Å². The van der Waals surface area contributed by atoms with E-state index in [0.717, 1.165) is 0 Å². The molecule has 0 saturated heterocycles. The van der Waals surface area contributed by atoms with Crippen LogP contribution in [0.25, 0.3) is 11.4 Å². The van der Waals surface area contributed by atoms with Gasteiger partial charge in [0, 0.05) is 19.2 Å². The molecule has 7 heteroatoms. The van der Waals surface area contributed by atoms with Crippen molar-refractivity contribution < 1.29 is 13.7 Å². The number of halogens is 2. The number of nitrogens with one attached hydrogen (secondary N) is 1. The van der Waals surface area contributed by atoms with Crippen LogP contribution < -0.4 is 5.32 Å². The third-order valence-electron chi connectivity index (χ3n) is 2.41. The third-order valence-corrected chi connectivity index (χ3v) is 2.69. The summed E-state index contributed by atoms with van der Waals surface area (Å²) >= 11 is 5.70. The molecule has 0 bridgehead atoms. The van der Waals surface area contributed by atoms with E-state index in [-0.39, 0.29) is 5.02 Å². The van der Waals surface area contributed by atoms with Gasteiger partial charge in [0.25, 0.3) is 0 Å². The number of nitrogens with zero attached hydrogens (tertiary/aromatic N) is 2. The summed E-state index contributed by atoms with van der Waals surface area (Å²) in [6.07, 6.45) is 0. The van der Waals surface area contributed by atoms with E-state index >= 15 is 0 Å². The fourth-order valence-corrected chi connectivity index (χ4v) is 1.63. The molecule has 0 unspecified atom stereocenters. The van der Waals surface area contributed by atoms with Crippen molar-refractivity contribution in [3.63, 3.8) is 0 Å². The summed E-state index contributed by atoms with van der Waals surface area (Å²) in [4.78, 5) is 4.19. The van der Waals surface area contributed by atoms with Gasteiger partial charge in [0.05, 0.1) is 18.2 Å². The van der Waals surface area contributed by atoms with E-state index < -0.39 is 5.82 Å². The summed E-state index contributed by atoms with van der Waals surface area (Å²) in [5.41, 5.74) is 0.610. The second-order valence-electron chi connectivity index (χ2n) is 3.81. The van der Waals surface area contributed by atoms with E-state index in [9.17, 15) is 4.39 Å². The quantitative estimate of drug-likeness (QED) is 0.825. The maximum absolute atomic E-state index is 13.0. The van der Waals surface area contributed by atoms with Crippen LogP contribution in [0.3, 0.4) is 0 Å². The number of ether oxygens (including phenoxy) is 1. The van der Waals surface area contributed by atoms with E-state index in [0.29, 0.717) is 37.0 Å². The second kappa shape index (κ2) is 6.60. The first kappa shape index (κ1) is 13.9. The van der Waals surface area contributed by atoms with Crippen molar-refractivity contribution in [1.29, 1.82) is 0 Å². The highest BCUT2D eigenvalue weighted by molar-refractivity contribution is 6.31. The Bertz CT molecular complexity index is 548. The van der Waals surface area contributed by atoms with Crippen LogP contribution in [-0.4, -0.2) is 30.4 Å². The van der Waals surface area contributed by atoms with E-state index in [2.05, 4.69) is 15.5 Å². The maximum atomic E-state index is 13.0. The standard InChI is InChI=1S/C12H13ClFN3O2/c1-18-5-4-15-7-11-16-12(17-19-11)8-2-3-10(14)9(13)6-8/h2-3,6,15H,4-5,7H2,1H3. The zero-order valence-corrected chi connectivity index (χ0v) is 11.1. The summed E-state index contributed by atoms with van der Waals surface area (Å²) in [7, 11) is 1.63. The molecular formula is C12H13ClFN3O2. The molecule has 0 radical (unpaired) electrons. The van der Waals surface area contributed by atoms with Gasteiger partial charge in [-0.2, -0.15) is 4.98 Å². The van der Waals surface area contributed by atoms with Crippen molar-refractivity contribution in [1.82, 2.24) is 15.5 Å². The Hall–Kier alpha value is -1.50. The molecule has 0 atom stereocenters. The highest BCUT2D eigenvalue weighted by Gasteiger charge is 2.10. The normalized spacial score (nSPS) is 10.9. The topological polar surface area (TPSA) is 60.2 Å². The van der Waals surface area contributed by atoms with E-state index in [4.69, 9.17) is 20.9 Å².